The van der Waals surface area contributed by atoms with Crippen molar-refractivity contribution in [3.63, 3.8) is 0 Å². The Bertz CT molecular complexity index is 746. The van der Waals surface area contributed by atoms with Crippen molar-refractivity contribution in [3.8, 4) is 17.1 Å². The second kappa shape index (κ2) is 3.99. The number of nitrogens with one attached hydrogen (secondary N) is 2. The summed E-state index contributed by atoms with van der Waals surface area (Å²) in [5, 5.41) is 7.48. The third-order valence-corrected chi connectivity index (χ3v) is 2.70. The van der Waals surface area contributed by atoms with Crippen LogP contribution in [0.4, 0.5) is 0 Å². The van der Waals surface area contributed by atoms with E-state index in [0.717, 1.165) is 5.39 Å². The number of methoxy groups -OCH3 is 1. The number of para-hydroxylation sites is 1. The van der Waals surface area contributed by atoms with E-state index in [2.05, 4.69) is 20.2 Å². The van der Waals surface area contributed by atoms with Gasteiger partial charge in [-0.25, -0.2) is 4.79 Å². The summed E-state index contributed by atoms with van der Waals surface area (Å²) in [6.45, 7) is 0. The molecular formula is C12H10N4O2. The zero-order valence-electron chi connectivity index (χ0n) is 9.60. The van der Waals surface area contributed by atoms with E-state index in [1.54, 1.807) is 25.4 Å². The number of hydrogen-bond donors (Lipinski definition) is 2. The van der Waals surface area contributed by atoms with Gasteiger partial charge in [0.15, 0.2) is 0 Å². The SMILES string of the molecule is COc1cccc2c(-c3ccn[nH]3)nc(=O)[nH]c12. The van der Waals surface area contributed by atoms with Crippen molar-refractivity contribution in [1.29, 1.82) is 0 Å². The molecule has 0 saturated carbocycles. The minimum absolute atomic E-state index is 0.420. The number of hydrogen-bond acceptors (Lipinski definition) is 4. The first-order chi connectivity index (χ1) is 8.79. The fraction of sp³-hybridized carbons (Fsp3) is 0.0833. The highest BCUT2D eigenvalue weighted by molar-refractivity contribution is 5.94. The molecule has 3 rings (SSSR count). The molecule has 18 heavy (non-hydrogen) atoms. The molecule has 0 aliphatic rings. The summed E-state index contributed by atoms with van der Waals surface area (Å²) in [6.07, 6.45) is 1.62. The van der Waals surface area contributed by atoms with E-state index in [9.17, 15) is 4.79 Å². The molecule has 0 aliphatic carbocycles. The molecule has 0 atom stereocenters. The number of aromatic nitrogens is 4. The molecular weight excluding hydrogens is 232 g/mol. The lowest BCUT2D eigenvalue weighted by atomic mass is 10.1. The lowest BCUT2D eigenvalue weighted by Gasteiger charge is -2.07. The van der Waals surface area contributed by atoms with Crippen LogP contribution in [-0.4, -0.2) is 27.3 Å². The average molecular weight is 242 g/mol. The lowest BCUT2D eigenvalue weighted by Crippen LogP contribution is -2.12. The maximum absolute atomic E-state index is 11.6. The quantitative estimate of drug-likeness (QED) is 0.709. The van der Waals surface area contributed by atoms with Gasteiger partial charge in [0.25, 0.3) is 0 Å². The van der Waals surface area contributed by atoms with Gasteiger partial charge in [-0.2, -0.15) is 10.1 Å². The Balaban J connectivity index is 2.42. The van der Waals surface area contributed by atoms with Crippen molar-refractivity contribution in [3.05, 3.63) is 40.9 Å². The molecule has 2 heterocycles. The van der Waals surface area contributed by atoms with Crippen LogP contribution in [0, 0.1) is 0 Å². The number of aromatic amines is 2. The molecule has 0 amide bonds. The first kappa shape index (κ1) is 10.5. The summed E-state index contributed by atoms with van der Waals surface area (Å²) in [5.74, 6) is 0.604. The Morgan fingerprint density at radius 2 is 2.17 bits per heavy atom. The van der Waals surface area contributed by atoms with E-state index in [4.69, 9.17) is 4.74 Å². The van der Waals surface area contributed by atoms with Gasteiger partial charge in [0.05, 0.1) is 18.3 Å². The van der Waals surface area contributed by atoms with Crippen molar-refractivity contribution in [2.45, 2.75) is 0 Å². The second-order valence-electron chi connectivity index (χ2n) is 3.74. The van der Waals surface area contributed by atoms with Gasteiger partial charge < -0.3 is 9.72 Å². The monoisotopic (exact) mass is 242 g/mol. The number of ether oxygens (including phenoxy) is 1. The molecule has 0 spiro atoms. The summed E-state index contributed by atoms with van der Waals surface area (Å²) >= 11 is 0. The van der Waals surface area contributed by atoms with Crippen molar-refractivity contribution in [2.75, 3.05) is 7.11 Å². The molecule has 1 aromatic carbocycles. The molecule has 0 saturated heterocycles. The molecule has 6 heteroatoms. The van der Waals surface area contributed by atoms with Crippen molar-refractivity contribution in [2.24, 2.45) is 0 Å². The average Bonchev–Trinajstić information content (AvgIpc) is 2.90. The number of nitrogens with zero attached hydrogens (tertiary/aromatic N) is 2. The Hall–Kier alpha value is -2.63. The third-order valence-electron chi connectivity index (χ3n) is 2.70. The van der Waals surface area contributed by atoms with Crippen molar-refractivity contribution in [1.82, 2.24) is 20.2 Å². The van der Waals surface area contributed by atoms with Gasteiger partial charge in [0.1, 0.15) is 11.4 Å². The van der Waals surface area contributed by atoms with Crippen LogP contribution in [0.15, 0.2) is 35.3 Å². The normalized spacial score (nSPS) is 10.7. The van der Waals surface area contributed by atoms with Crippen LogP contribution in [0.25, 0.3) is 22.3 Å². The summed E-state index contributed by atoms with van der Waals surface area (Å²) in [5.41, 5.74) is 1.46. The molecule has 2 aromatic heterocycles. The van der Waals surface area contributed by atoms with Crippen LogP contribution >= 0.6 is 0 Å². The van der Waals surface area contributed by atoms with E-state index in [-0.39, 0.29) is 0 Å². The Morgan fingerprint density at radius 1 is 1.28 bits per heavy atom. The Kier molecular flexibility index (Phi) is 2.33. The summed E-state index contributed by atoms with van der Waals surface area (Å²) in [6, 6.07) is 7.27. The third kappa shape index (κ3) is 1.55. The fourth-order valence-corrected chi connectivity index (χ4v) is 1.92. The number of rotatable bonds is 2. The van der Waals surface area contributed by atoms with Gasteiger partial charge in [-0.05, 0) is 12.1 Å². The lowest BCUT2D eigenvalue weighted by molar-refractivity contribution is 0.418. The highest BCUT2D eigenvalue weighted by Crippen LogP contribution is 2.28. The summed E-state index contributed by atoms with van der Waals surface area (Å²) < 4.78 is 5.23. The fourth-order valence-electron chi connectivity index (χ4n) is 1.92. The van der Waals surface area contributed by atoms with Gasteiger partial charge in [0.2, 0.25) is 0 Å². The van der Waals surface area contributed by atoms with Crippen molar-refractivity contribution >= 4 is 10.9 Å². The van der Waals surface area contributed by atoms with Crippen LogP contribution in [0.2, 0.25) is 0 Å². The Labute approximate surface area is 102 Å². The van der Waals surface area contributed by atoms with E-state index in [0.29, 0.717) is 22.7 Å². The summed E-state index contributed by atoms with van der Waals surface area (Å²) in [4.78, 5) is 18.3. The maximum atomic E-state index is 11.6. The van der Waals surface area contributed by atoms with E-state index in [1.807, 2.05) is 12.1 Å². The number of H-pyrrole nitrogens is 2. The van der Waals surface area contributed by atoms with E-state index >= 15 is 0 Å². The largest absolute Gasteiger partial charge is 0.495 e. The van der Waals surface area contributed by atoms with E-state index < -0.39 is 5.69 Å². The standard InChI is InChI=1S/C12H10N4O2/c1-18-9-4-2-3-7-10(8-5-6-13-16-8)14-12(17)15-11(7)9/h2-6H,1H3,(H,13,16)(H,14,15,17). The number of fused-ring (bicyclic) bond motifs is 1. The zero-order valence-corrected chi connectivity index (χ0v) is 9.60. The molecule has 90 valence electrons. The molecule has 6 nitrogen and oxygen atoms in total. The van der Waals surface area contributed by atoms with Crippen LogP contribution < -0.4 is 10.4 Å². The van der Waals surface area contributed by atoms with Crippen LogP contribution in [0.5, 0.6) is 5.75 Å². The molecule has 0 unspecified atom stereocenters. The highest BCUT2D eigenvalue weighted by atomic mass is 16.5. The maximum Gasteiger partial charge on any atom is 0.346 e. The van der Waals surface area contributed by atoms with Gasteiger partial charge in [-0.3, -0.25) is 5.10 Å². The molecule has 0 radical (unpaired) electrons. The zero-order chi connectivity index (χ0) is 12.5. The van der Waals surface area contributed by atoms with E-state index in [1.165, 1.54) is 0 Å². The van der Waals surface area contributed by atoms with Crippen LogP contribution in [0.3, 0.4) is 0 Å². The Morgan fingerprint density at radius 3 is 2.89 bits per heavy atom. The topological polar surface area (TPSA) is 83.7 Å². The smallest absolute Gasteiger partial charge is 0.346 e. The first-order valence-electron chi connectivity index (χ1n) is 5.36. The highest BCUT2D eigenvalue weighted by Gasteiger charge is 2.11. The molecule has 0 aliphatic heterocycles. The van der Waals surface area contributed by atoms with Gasteiger partial charge in [-0.15, -0.1) is 0 Å². The van der Waals surface area contributed by atoms with Gasteiger partial charge >= 0.3 is 5.69 Å². The first-order valence-corrected chi connectivity index (χ1v) is 5.36. The number of benzene rings is 1. The molecule has 3 aromatic rings. The van der Waals surface area contributed by atoms with Gasteiger partial charge in [-0.1, -0.05) is 12.1 Å². The minimum Gasteiger partial charge on any atom is -0.495 e. The molecule has 0 fully saturated rings. The minimum atomic E-state index is -0.420. The van der Waals surface area contributed by atoms with Crippen LogP contribution in [-0.2, 0) is 0 Å². The van der Waals surface area contributed by atoms with Crippen molar-refractivity contribution < 1.29 is 4.74 Å². The molecule has 2 N–H and O–H groups in total. The molecule has 0 bridgehead atoms. The van der Waals surface area contributed by atoms with Crippen LogP contribution in [0.1, 0.15) is 0 Å². The second-order valence-corrected chi connectivity index (χ2v) is 3.74. The predicted octanol–water partition coefficient (Wildman–Crippen LogP) is 1.32. The summed E-state index contributed by atoms with van der Waals surface area (Å²) in [7, 11) is 1.56. The van der Waals surface area contributed by atoms with Gasteiger partial charge in [0, 0.05) is 11.6 Å². The predicted molar refractivity (Wildman–Crippen MR) is 66.5 cm³/mol.